The Morgan fingerprint density at radius 2 is 1.09 bits per heavy atom. The second-order valence-electron chi connectivity index (χ2n) is 17.4. The molecule has 0 bridgehead atoms. The first kappa shape index (κ1) is 37.6. The van der Waals surface area contributed by atoms with Crippen molar-refractivity contribution in [2.45, 2.75) is 120 Å². The van der Waals surface area contributed by atoms with Gasteiger partial charge in [-0.05, 0) is 76.4 Å². The second-order valence-corrected chi connectivity index (χ2v) is 17.4. The van der Waals surface area contributed by atoms with Crippen LogP contribution in [0.5, 0.6) is 0 Å². The molecule has 0 saturated heterocycles. The number of benzene rings is 3. The fraction of sp³-hybridized carbons (Fsp3) is 0.568. The Labute approximate surface area is 282 Å². The third-order valence-electron chi connectivity index (χ3n) is 12.3. The minimum Gasteiger partial charge on any atom is -0.469 e. The predicted octanol–water partition coefficient (Wildman–Crippen LogP) is 12.3. The van der Waals surface area contributed by atoms with Crippen LogP contribution >= 0.6 is 0 Å². The van der Waals surface area contributed by atoms with E-state index < -0.39 is 10.8 Å². The minimum absolute atomic E-state index is 0.113. The van der Waals surface area contributed by atoms with Crippen LogP contribution < -0.4 is 0 Å². The van der Waals surface area contributed by atoms with Crippen LogP contribution in [0.4, 0.5) is 0 Å². The van der Waals surface area contributed by atoms with E-state index >= 15 is 0 Å². The van der Waals surface area contributed by atoms with E-state index in [1.807, 2.05) is 0 Å². The number of methoxy groups -OCH3 is 1. The Morgan fingerprint density at radius 1 is 0.652 bits per heavy atom. The number of ether oxygens (including phenoxy) is 1. The Balaban J connectivity index is 2.39. The highest BCUT2D eigenvalue weighted by molar-refractivity contribution is 5.77. The summed E-state index contributed by atoms with van der Waals surface area (Å²) in [4.78, 5) is 13.8. The lowest BCUT2D eigenvalue weighted by Crippen LogP contribution is -2.53. The fourth-order valence-corrected chi connectivity index (χ4v) is 8.36. The lowest BCUT2D eigenvalue weighted by atomic mass is 9.47. The number of rotatable bonds is 14. The van der Waals surface area contributed by atoms with Gasteiger partial charge in [-0.15, -0.1) is 0 Å². The molecule has 0 aromatic heterocycles. The average Bonchev–Trinajstić information content (AvgIpc) is 3.01. The molecule has 3 aromatic carbocycles. The number of hydrogen-bond donors (Lipinski definition) is 0. The van der Waals surface area contributed by atoms with Gasteiger partial charge < -0.3 is 4.74 Å². The molecule has 3 unspecified atom stereocenters. The molecule has 0 radical (unpaired) electrons. The van der Waals surface area contributed by atoms with Crippen molar-refractivity contribution in [1.82, 2.24) is 0 Å². The van der Waals surface area contributed by atoms with E-state index in [0.29, 0.717) is 18.3 Å². The smallest absolute Gasteiger partial charge is 0.312 e. The molecule has 46 heavy (non-hydrogen) atoms. The van der Waals surface area contributed by atoms with Gasteiger partial charge in [0, 0.05) is 5.41 Å². The molecule has 0 N–H and O–H groups in total. The Hall–Kier alpha value is -2.87. The van der Waals surface area contributed by atoms with Crippen molar-refractivity contribution in [2.24, 2.45) is 33.0 Å². The third kappa shape index (κ3) is 7.48. The van der Waals surface area contributed by atoms with Crippen LogP contribution in [0, 0.1) is 33.0 Å². The second kappa shape index (κ2) is 14.1. The van der Waals surface area contributed by atoms with Gasteiger partial charge in [-0.2, -0.15) is 0 Å². The molecule has 2 nitrogen and oxygen atoms in total. The summed E-state index contributed by atoms with van der Waals surface area (Å²) in [6.07, 6.45) is 3.85. The van der Waals surface area contributed by atoms with Crippen LogP contribution in [0.3, 0.4) is 0 Å². The van der Waals surface area contributed by atoms with Gasteiger partial charge in [0.2, 0.25) is 0 Å². The SMILES string of the molecule is CCC(C)C(C)(C)CC(c1ccccc1)C(C)(C)CC(c1ccccc1)(c1ccccc1)C(C)(C)CC(C)(C(=O)OC)C(C)(C)C. The van der Waals surface area contributed by atoms with Crippen molar-refractivity contribution >= 4 is 5.97 Å². The number of esters is 1. The first-order valence-electron chi connectivity index (χ1n) is 17.5. The van der Waals surface area contributed by atoms with Crippen LogP contribution in [0.1, 0.15) is 131 Å². The van der Waals surface area contributed by atoms with Gasteiger partial charge in [0.15, 0.2) is 0 Å². The number of carbonyl (C=O) groups is 1. The molecule has 2 heteroatoms. The van der Waals surface area contributed by atoms with Gasteiger partial charge in [0.05, 0.1) is 12.5 Å². The van der Waals surface area contributed by atoms with E-state index in [1.54, 1.807) is 0 Å². The summed E-state index contributed by atoms with van der Waals surface area (Å²) in [6.45, 7) is 28.1. The van der Waals surface area contributed by atoms with Crippen LogP contribution in [0.15, 0.2) is 91.0 Å². The van der Waals surface area contributed by atoms with Gasteiger partial charge in [0.25, 0.3) is 0 Å². The zero-order chi connectivity index (χ0) is 34.6. The lowest BCUT2D eigenvalue weighted by molar-refractivity contribution is -0.163. The highest BCUT2D eigenvalue weighted by Crippen LogP contribution is 2.62. The molecular weight excluding hydrogens is 560 g/mol. The predicted molar refractivity (Wildman–Crippen MR) is 197 cm³/mol. The topological polar surface area (TPSA) is 26.3 Å². The summed E-state index contributed by atoms with van der Waals surface area (Å²) >= 11 is 0. The molecule has 3 atom stereocenters. The molecule has 0 heterocycles. The highest BCUT2D eigenvalue weighted by Gasteiger charge is 2.57. The first-order chi connectivity index (χ1) is 21.3. The normalized spacial score (nSPS) is 15.9. The zero-order valence-electron chi connectivity index (χ0n) is 31.5. The molecule has 0 aliphatic heterocycles. The molecule has 252 valence electrons. The van der Waals surface area contributed by atoms with Gasteiger partial charge in [-0.1, -0.05) is 174 Å². The first-order valence-corrected chi connectivity index (χ1v) is 17.5. The van der Waals surface area contributed by atoms with Crippen LogP contribution in [-0.4, -0.2) is 13.1 Å². The van der Waals surface area contributed by atoms with Crippen molar-refractivity contribution < 1.29 is 9.53 Å². The lowest BCUT2D eigenvalue weighted by Gasteiger charge is -2.56. The van der Waals surface area contributed by atoms with Crippen molar-refractivity contribution in [3.05, 3.63) is 108 Å². The van der Waals surface area contributed by atoms with E-state index in [-0.39, 0.29) is 27.6 Å². The third-order valence-corrected chi connectivity index (χ3v) is 12.3. The van der Waals surface area contributed by atoms with Gasteiger partial charge in [-0.25, -0.2) is 0 Å². The largest absolute Gasteiger partial charge is 0.469 e. The van der Waals surface area contributed by atoms with E-state index in [9.17, 15) is 4.79 Å². The van der Waals surface area contributed by atoms with Crippen molar-refractivity contribution in [3.8, 4) is 0 Å². The van der Waals surface area contributed by atoms with Gasteiger partial charge in [0.1, 0.15) is 0 Å². The summed E-state index contributed by atoms with van der Waals surface area (Å²) in [5.74, 6) is 0.793. The quantitative estimate of drug-likeness (QED) is 0.167. The Bertz CT molecular complexity index is 1340. The molecule has 3 aromatic rings. The van der Waals surface area contributed by atoms with Crippen LogP contribution in [0.25, 0.3) is 0 Å². The summed E-state index contributed by atoms with van der Waals surface area (Å²) in [5.41, 5.74) is 2.29. The molecule has 3 rings (SSSR count). The Morgan fingerprint density at radius 3 is 1.48 bits per heavy atom. The molecular formula is C44H64O2. The van der Waals surface area contributed by atoms with Crippen molar-refractivity contribution in [1.29, 1.82) is 0 Å². The van der Waals surface area contributed by atoms with E-state index in [1.165, 1.54) is 30.2 Å². The van der Waals surface area contributed by atoms with Crippen LogP contribution in [0.2, 0.25) is 0 Å². The maximum atomic E-state index is 13.8. The fourth-order valence-electron chi connectivity index (χ4n) is 8.36. The maximum Gasteiger partial charge on any atom is 0.312 e. The summed E-state index contributed by atoms with van der Waals surface area (Å²) in [5, 5.41) is 0. The molecule has 0 spiro atoms. The monoisotopic (exact) mass is 624 g/mol. The molecule has 0 amide bonds. The van der Waals surface area contributed by atoms with E-state index in [4.69, 9.17) is 4.74 Å². The number of carbonyl (C=O) groups excluding carboxylic acids is 1. The average molecular weight is 625 g/mol. The maximum absolute atomic E-state index is 13.8. The van der Waals surface area contributed by atoms with E-state index in [0.717, 1.165) is 12.8 Å². The summed E-state index contributed by atoms with van der Waals surface area (Å²) in [7, 11) is 1.54. The zero-order valence-corrected chi connectivity index (χ0v) is 31.5. The molecule has 0 saturated carbocycles. The van der Waals surface area contributed by atoms with Crippen molar-refractivity contribution in [3.63, 3.8) is 0 Å². The Kier molecular flexibility index (Phi) is 11.5. The highest BCUT2D eigenvalue weighted by atomic mass is 16.5. The van der Waals surface area contributed by atoms with Crippen molar-refractivity contribution in [2.75, 3.05) is 7.11 Å². The van der Waals surface area contributed by atoms with Gasteiger partial charge >= 0.3 is 5.97 Å². The van der Waals surface area contributed by atoms with Crippen LogP contribution in [-0.2, 0) is 14.9 Å². The summed E-state index contributed by atoms with van der Waals surface area (Å²) in [6, 6.07) is 33.4. The van der Waals surface area contributed by atoms with E-state index in [2.05, 4.69) is 174 Å². The minimum atomic E-state index is -0.707. The molecule has 0 aliphatic carbocycles. The molecule has 0 aliphatic rings. The number of hydrogen-bond acceptors (Lipinski definition) is 2. The summed E-state index contributed by atoms with van der Waals surface area (Å²) < 4.78 is 5.56. The standard InChI is InChI=1S/C44H64O2/c1-14-33(2)40(6,7)30-37(34-24-18-15-19-25-34)41(8,9)31-44(35-26-20-16-21-27-35,36-28-22-17-23-29-36)42(10,11)32-43(12,38(45)46-13)39(3,4)5/h15-29,33,37H,14,30-32H2,1-13H3. The molecule has 0 fully saturated rings. The van der Waals surface area contributed by atoms with Gasteiger partial charge in [-0.3, -0.25) is 4.79 Å².